The number of Topliss-reactive ketones (excluding diaryl/α,β-unsaturated/α-hetero) is 1. The molecule has 0 atom stereocenters. The first kappa shape index (κ1) is 19.3. The molecule has 3 aromatic rings. The third kappa shape index (κ3) is 3.94. The Bertz CT molecular complexity index is 1020. The second-order valence-corrected chi connectivity index (χ2v) is 8.10. The molecule has 3 rings (SSSR count). The van der Waals surface area contributed by atoms with E-state index in [2.05, 4.69) is 10.3 Å². The first-order valence-electron chi connectivity index (χ1n) is 8.40. The van der Waals surface area contributed by atoms with E-state index in [0.29, 0.717) is 15.5 Å². The fourth-order valence-corrected chi connectivity index (χ4v) is 3.82. The molecule has 3 heterocycles. The molecule has 0 fully saturated rings. The summed E-state index contributed by atoms with van der Waals surface area (Å²) in [6.45, 7) is 6.90. The molecule has 3 aromatic heterocycles. The van der Waals surface area contributed by atoms with Crippen LogP contribution in [0.3, 0.4) is 0 Å². The molecule has 0 saturated heterocycles. The van der Waals surface area contributed by atoms with Gasteiger partial charge in [-0.05, 0) is 39.0 Å². The molecule has 140 valence electrons. The number of thiophene rings is 1. The van der Waals surface area contributed by atoms with Gasteiger partial charge in [-0.2, -0.15) is 5.10 Å². The monoisotopic (exact) mass is 402 g/mol. The van der Waals surface area contributed by atoms with Crippen LogP contribution in [0.25, 0.3) is 21.7 Å². The fraction of sp³-hybridized carbons (Fsp3) is 0.263. The number of nitrogens with one attached hydrogen (secondary N) is 1. The molecule has 8 heteroatoms. The van der Waals surface area contributed by atoms with Crippen molar-refractivity contribution in [3.05, 3.63) is 40.5 Å². The molecule has 0 unspecified atom stereocenters. The van der Waals surface area contributed by atoms with E-state index in [-0.39, 0.29) is 23.6 Å². The zero-order chi connectivity index (χ0) is 19.7. The number of carbonyl (C=O) groups is 2. The number of pyridine rings is 1. The van der Waals surface area contributed by atoms with Crippen molar-refractivity contribution in [3.8, 4) is 21.7 Å². The maximum Gasteiger partial charge on any atom is 0.222 e. The number of aromatic nitrogens is 3. The lowest BCUT2D eigenvalue weighted by molar-refractivity contribution is -0.114. The zero-order valence-electron chi connectivity index (χ0n) is 15.4. The summed E-state index contributed by atoms with van der Waals surface area (Å²) in [6.07, 6.45) is 3.48. The van der Waals surface area contributed by atoms with Crippen LogP contribution in [0.4, 0.5) is 5.82 Å². The van der Waals surface area contributed by atoms with E-state index in [0.717, 1.165) is 16.1 Å². The lowest BCUT2D eigenvalue weighted by atomic mass is 9.98. The normalized spacial score (nSPS) is 11.0. The molecule has 0 aliphatic heterocycles. The van der Waals surface area contributed by atoms with Gasteiger partial charge >= 0.3 is 0 Å². The SMILES string of the molecule is CC(=O)Nc1nccc(-c2cn(C(C)C)nc2-c2ccc(Cl)s2)c1C(C)=O. The van der Waals surface area contributed by atoms with Crippen LogP contribution >= 0.6 is 22.9 Å². The van der Waals surface area contributed by atoms with E-state index < -0.39 is 0 Å². The van der Waals surface area contributed by atoms with E-state index >= 15 is 0 Å². The highest BCUT2D eigenvalue weighted by Gasteiger charge is 2.22. The van der Waals surface area contributed by atoms with E-state index in [4.69, 9.17) is 16.7 Å². The standard InChI is InChI=1S/C19H19ClN4O2S/c1-10(2)24-9-14(18(23-24)15-5-6-16(20)27-15)13-7-8-21-19(22-12(4)26)17(13)11(3)25/h5-10H,1-4H3,(H,21,22,26). The molecular weight excluding hydrogens is 384 g/mol. The Kier molecular flexibility index (Phi) is 5.43. The number of ketones is 1. The van der Waals surface area contributed by atoms with Crippen LogP contribution in [-0.4, -0.2) is 26.5 Å². The molecule has 0 radical (unpaired) electrons. The number of nitrogens with zero attached hydrogens (tertiary/aromatic N) is 3. The lowest BCUT2D eigenvalue weighted by Gasteiger charge is -2.11. The first-order valence-corrected chi connectivity index (χ1v) is 9.60. The van der Waals surface area contributed by atoms with Gasteiger partial charge in [-0.15, -0.1) is 11.3 Å². The molecule has 0 saturated carbocycles. The van der Waals surface area contributed by atoms with Crippen molar-refractivity contribution in [2.75, 3.05) is 5.32 Å². The van der Waals surface area contributed by atoms with E-state index in [1.54, 1.807) is 12.3 Å². The smallest absolute Gasteiger partial charge is 0.222 e. The molecule has 0 aromatic carbocycles. The first-order chi connectivity index (χ1) is 12.8. The van der Waals surface area contributed by atoms with Crippen LogP contribution in [0, 0.1) is 0 Å². The number of rotatable bonds is 5. The summed E-state index contributed by atoms with van der Waals surface area (Å²) in [5.74, 6) is -0.223. The average molecular weight is 403 g/mol. The van der Waals surface area contributed by atoms with Gasteiger partial charge in [0, 0.05) is 36.5 Å². The van der Waals surface area contributed by atoms with Gasteiger partial charge in [-0.25, -0.2) is 4.98 Å². The summed E-state index contributed by atoms with van der Waals surface area (Å²) in [7, 11) is 0. The minimum Gasteiger partial charge on any atom is -0.310 e. The van der Waals surface area contributed by atoms with Gasteiger partial charge in [0.2, 0.25) is 5.91 Å². The Morgan fingerprint density at radius 2 is 1.93 bits per heavy atom. The van der Waals surface area contributed by atoms with Crippen molar-refractivity contribution < 1.29 is 9.59 Å². The second-order valence-electron chi connectivity index (χ2n) is 6.39. The van der Waals surface area contributed by atoms with Gasteiger partial charge in [0.15, 0.2) is 5.78 Å². The van der Waals surface area contributed by atoms with Crippen LogP contribution < -0.4 is 5.32 Å². The minimum absolute atomic E-state index is 0.144. The van der Waals surface area contributed by atoms with Crippen LogP contribution in [-0.2, 0) is 4.79 Å². The maximum atomic E-state index is 12.4. The maximum absolute atomic E-state index is 12.4. The van der Waals surface area contributed by atoms with Crippen molar-refractivity contribution in [3.63, 3.8) is 0 Å². The summed E-state index contributed by atoms with van der Waals surface area (Å²) < 4.78 is 2.51. The molecule has 1 amide bonds. The van der Waals surface area contributed by atoms with E-state index in [9.17, 15) is 9.59 Å². The van der Waals surface area contributed by atoms with Gasteiger partial charge in [-0.3, -0.25) is 14.3 Å². The quantitative estimate of drug-likeness (QED) is 0.604. The molecule has 0 spiro atoms. The Morgan fingerprint density at radius 3 is 2.48 bits per heavy atom. The molecule has 0 aliphatic carbocycles. The highest BCUT2D eigenvalue weighted by Crippen LogP contribution is 2.39. The van der Waals surface area contributed by atoms with Crippen molar-refractivity contribution in [1.29, 1.82) is 0 Å². The molecule has 27 heavy (non-hydrogen) atoms. The van der Waals surface area contributed by atoms with Crippen LogP contribution in [0.5, 0.6) is 0 Å². The number of hydrogen-bond donors (Lipinski definition) is 1. The van der Waals surface area contributed by atoms with Gasteiger partial charge in [-0.1, -0.05) is 11.6 Å². The Labute approximate surface area is 166 Å². The van der Waals surface area contributed by atoms with Gasteiger partial charge in [0.1, 0.15) is 11.5 Å². The van der Waals surface area contributed by atoms with Crippen molar-refractivity contribution >= 4 is 40.4 Å². The van der Waals surface area contributed by atoms with E-state index in [1.807, 2.05) is 36.9 Å². The largest absolute Gasteiger partial charge is 0.310 e. The highest BCUT2D eigenvalue weighted by molar-refractivity contribution is 7.19. The second kappa shape index (κ2) is 7.62. The fourth-order valence-electron chi connectivity index (χ4n) is 2.78. The summed E-state index contributed by atoms with van der Waals surface area (Å²) >= 11 is 7.54. The molecule has 6 nitrogen and oxygen atoms in total. The number of halogens is 1. The Hall–Kier alpha value is -2.51. The molecule has 0 bridgehead atoms. The van der Waals surface area contributed by atoms with Crippen LogP contribution in [0.2, 0.25) is 4.34 Å². The van der Waals surface area contributed by atoms with Gasteiger partial charge in [0.25, 0.3) is 0 Å². The summed E-state index contributed by atoms with van der Waals surface area (Å²) in [5, 5.41) is 7.35. The Balaban J connectivity index is 2.27. The third-order valence-electron chi connectivity index (χ3n) is 3.96. The van der Waals surface area contributed by atoms with Crippen molar-refractivity contribution in [2.24, 2.45) is 0 Å². The van der Waals surface area contributed by atoms with Gasteiger partial charge in [0.05, 0.1) is 14.8 Å². The number of amides is 1. The molecule has 1 N–H and O–H groups in total. The average Bonchev–Trinajstić information content (AvgIpc) is 3.20. The van der Waals surface area contributed by atoms with E-state index in [1.165, 1.54) is 25.2 Å². The molecular formula is C19H19ClN4O2S. The lowest BCUT2D eigenvalue weighted by Crippen LogP contribution is -2.12. The zero-order valence-corrected chi connectivity index (χ0v) is 17.0. The summed E-state index contributed by atoms with van der Waals surface area (Å²) in [6, 6.07) is 5.64. The van der Waals surface area contributed by atoms with Crippen LogP contribution in [0.15, 0.2) is 30.6 Å². The number of hydrogen-bond acceptors (Lipinski definition) is 5. The molecule has 0 aliphatic rings. The van der Waals surface area contributed by atoms with Crippen molar-refractivity contribution in [2.45, 2.75) is 33.7 Å². The highest BCUT2D eigenvalue weighted by atomic mass is 35.5. The predicted octanol–water partition coefficient (Wildman–Crippen LogP) is 5.07. The van der Waals surface area contributed by atoms with Gasteiger partial charge < -0.3 is 5.32 Å². The topological polar surface area (TPSA) is 76.9 Å². The number of carbonyl (C=O) groups excluding carboxylic acids is 2. The Morgan fingerprint density at radius 1 is 1.19 bits per heavy atom. The number of anilines is 1. The summed E-state index contributed by atoms with van der Waals surface area (Å²) in [5.41, 5.74) is 2.57. The van der Waals surface area contributed by atoms with Crippen molar-refractivity contribution in [1.82, 2.24) is 14.8 Å². The summed E-state index contributed by atoms with van der Waals surface area (Å²) in [4.78, 5) is 29.0. The van der Waals surface area contributed by atoms with Crippen LogP contribution in [0.1, 0.15) is 44.1 Å². The predicted molar refractivity (Wildman–Crippen MR) is 108 cm³/mol. The minimum atomic E-state index is -0.287. The third-order valence-corrected chi connectivity index (χ3v) is 5.19.